The molecule has 37 heavy (non-hydrogen) atoms. The van der Waals surface area contributed by atoms with E-state index in [0.717, 1.165) is 31.4 Å². The van der Waals surface area contributed by atoms with E-state index < -0.39 is 17.7 Å². The molecule has 1 aliphatic carbocycles. The summed E-state index contributed by atoms with van der Waals surface area (Å²) in [5.74, 6) is 0.204. The molecule has 2 bridgehead atoms. The van der Waals surface area contributed by atoms with Crippen molar-refractivity contribution in [2.45, 2.75) is 84.0 Å². The number of nitrogens with zero attached hydrogens (tertiary/aromatic N) is 2. The lowest BCUT2D eigenvalue weighted by Gasteiger charge is -2.57. The second-order valence-electron chi connectivity index (χ2n) is 10.8. The molecule has 10 nitrogen and oxygen atoms in total. The maximum atomic E-state index is 12.1. The summed E-state index contributed by atoms with van der Waals surface area (Å²) in [4.78, 5) is 31.6. The Kier molecular flexibility index (Phi) is 8.04. The molecule has 1 spiro atoms. The van der Waals surface area contributed by atoms with Gasteiger partial charge in [0.15, 0.2) is 5.60 Å². The third-order valence-electron chi connectivity index (χ3n) is 7.72. The van der Waals surface area contributed by atoms with Crippen LogP contribution < -0.4 is 16.8 Å². The first kappa shape index (κ1) is 27.6. The Balaban J connectivity index is 0.000000176. The van der Waals surface area contributed by atoms with Crippen LogP contribution in [0.25, 0.3) is 0 Å². The number of aliphatic imine (C=N–C) groups is 2. The molecule has 4 aliphatic heterocycles. The highest BCUT2D eigenvalue weighted by atomic mass is 35.5. The van der Waals surface area contributed by atoms with E-state index in [1.165, 1.54) is 0 Å². The topological polar surface area (TPSA) is 143 Å². The summed E-state index contributed by atoms with van der Waals surface area (Å²) in [7, 11) is 0. The summed E-state index contributed by atoms with van der Waals surface area (Å²) >= 11 is 5.76. The highest BCUT2D eigenvalue weighted by molar-refractivity contribution is 6.30. The Morgan fingerprint density at radius 2 is 1.81 bits per heavy atom. The van der Waals surface area contributed by atoms with Gasteiger partial charge in [0.05, 0.1) is 5.92 Å². The normalized spacial score (nSPS) is 37.2. The van der Waals surface area contributed by atoms with Crippen molar-refractivity contribution in [3.63, 3.8) is 0 Å². The lowest BCUT2D eigenvalue weighted by Crippen LogP contribution is -2.69. The summed E-state index contributed by atoms with van der Waals surface area (Å²) in [6.07, 6.45) is 3.24. The van der Waals surface area contributed by atoms with Crippen LogP contribution >= 0.6 is 11.6 Å². The number of nitrogens with two attached hydrogens (primary N) is 2. The van der Waals surface area contributed by atoms with Crippen LogP contribution in [-0.2, 0) is 24.0 Å². The van der Waals surface area contributed by atoms with Crippen LogP contribution in [0.5, 0.6) is 0 Å². The number of guanidine groups is 2. The number of hydrogen-bond acceptors (Lipinski definition) is 6. The van der Waals surface area contributed by atoms with E-state index in [0.29, 0.717) is 16.9 Å². The first-order valence-corrected chi connectivity index (χ1v) is 13.3. The van der Waals surface area contributed by atoms with E-state index in [1.807, 2.05) is 27.7 Å². The molecule has 1 aromatic carbocycles. The Labute approximate surface area is 223 Å². The van der Waals surface area contributed by atoms with Crippen LogP contribution in [-0.4, -0.2) is 41.6 Å². The lowest BCUT2D eigenvalue weighted by molar-refractivity contribution is -0.559. The molecule has 11 heteroatoms. The number of anilines is 1. The average Bonchev–Trinajstić information content (AvgIpc) is 3.05. The molecule has 6 rings (SSSR count). The number of ether oxygens (including phenoxy) is 2. The second-order valence-corrected chi connectivity index (χ2v) is 11.3. The monoisotopic (exact) mass is 535 g/mol. The SMILES string of the molecule is CC(C)N=C(N)N=C(N)Nc1ccc(Cl)cc1.C[C@@H]1CC[C@H]2[C@@H](C)C(=O)O[C@@H]3O[C@@]4(C)CC[C@@H]1[C@]32OO4. The third kappa shape index (κ3) is 5.72. The van der Waals surface area contributed by atoms with Crippen molar-refractivity contribution in [2.75, 3.05) is 5.32 Å². The van der Waals surface area contributed by atoms with Crippen molar-refractivity contribution >= 4 is 35.2 Å². The maximum absolute atomic E-state index is 12.1. The zero-order chi connectivity index (χ0) is 27.0. The van der Waals surface area contributed by atoms with Gasteiger partial charge in [-0.05, 0) is 70.2 Å². The van der Waals surface area contributed by atoms with E-state index in [1.54, 1.807) is 24.3 Å². The van der Waals surface area contributed by atoms with E-state index in [9.17, 15) is 4.79 Å². The van der Waals surface area contributed by atoms with Gasteiger partial charge in [-0.2, -0.15) is 4.99 Å². The molecule has 5 fully saturated rings. The quantitative estimate of drug-likeness (QED) is 0.221. The van der Waals surface area contributed by atoms with E-state index in [4.69, 9.17) is 42.3 Å². The van der Waals surface area contributed by atoms with Crippen molar-refractivity contribution in [1.82, 2.24) is 0 Å². The molecule has 0 aromatic heterocycles. The number of carbonyl (C=O) groups excluding carboxylic acids is 1. The van der Waals surface area contributed by atoms with Gasteiger partial charge in [-0.15, -0.1) is 0 Å². The molecule has 0 unspecified atom stereocenters. The number of rotatable bonds is 2. The molecule has 204 valence electrons. The van der Waals surface area contributed by atoms with Gasteiger partial charge in [0.1, 0.15) is 0 Å². The van der Waals surface area contributed by atoms with E-state index in [-0.39, 0.29) is 35.8 Å². The molecule has 5 N–H and O–H groups in total. The lowest BCUT2D eigenvalue weighted by atomic mass is 9.58. The molecule has 0 amide bonds. The van der Waals surface area contributed by atoms with Gasteiger partial charge in [-0.25, -0.2) is 14.8 Å². The van der Waals surface area contributed by atoms with E-state index in [2.05, 4.69) is 22.2 Å². The minimum Gasteiger partial charge on any atom is -0.432 e. The van der Waals surface area contributed by atoms with Crippen LogP contribution in [0, 0.1) is 23.7 Å². The van der Waals surface area contributed by atoms with Crippen molar-refractivity contribution in [3.05, 3.63) is 29.3 Å². The standard InChI is InChI=1S/C15H22O5.C11H16ClN5/c1-8-4-5-11-9(2)12(16)17-13-15(11)10(8)6-7-14(3,18-13)19-20-15;1-7(2)15-10(13)17-11(14)16-9-5-3-8(12)4-6-9/h8-11,13H,4-7H2,1-3H3;3-7H,1-2H3,(H5,13,14,15,16,17)/t8-,9-,10+,11+,13-,14-,15-;/m1./s1. The summed E-state index contributed by atoms with van der Waals surface area (Å²) in [5, 5.41) is 3.54. The van der Waals surface area contributed by atoms with Crippen molar-refractivity contribution in [3.8, 4) is 0 Å². The van der Waals surface area contributed by atoms with Gasteiger partial charge in [0.2, 0.25) is 24.0 Å². The molecular weight excluding hydrogens is 498 g/mol. The van der Waals surface area contributed by atoms with Gasteiger partial charge >= 0.3 is 5.97 Å². The summed E-state index contributed by atoms with van der Waals surface area (Å²) in [5.41, 5.74) is 11.4. The molecular formula is C26H38ClN5O5. The Morgan fingerprint density at radius 1 is 1.11 bits per heavy atom. The molecule has 4 saturated heterocycles. The number of benzene rings is 1. The summed E-state index contributed by atoms with van der Waals surface area (Å²) < 4.78 is 11.6. The van der Waals surface area contributed by atoms with Gasteiger partial charge in [0, 0.05) is 35.0 Å². The fourth-order valence-electron chi connectivity index (χ4n) is 5.89. The zero-order valence-corrected chi connectivity index (χ0v) is 22.8. The predicted molar refractivity (Wildman–Crippen MR) is 142 cm³/mol. The number of hydrogen-bond donors (Lipinski definition) is 3. The predicted octanol–water partition coefficient (Wildman–Crippen LogP) is 4.18. The number of esters is 1. The first-order chi connectivity index (χ1) is 17.4. The first-order valence-electron chi connectivity index (χ1n) is 12.9. The van der Waals surface area contributed by atoms with Crippen molar-refractivity contribution in [2.24, 2.45) is 45.1 Å². The highest BCUT2D eigenvalue weighted by Gasteiger charge is 2.70. The second kappa shape index (κ2) is 10.8. The highest BCUT2D eigenvalue weighted by Crippen LogP contribution is 2.59. The van der Waals surface area contributed by atoms with Crippen LogP contribution in [0.15, 0.2) is 34.3 Å². The van der Waals surface area contributed by atoms with Gasteiger partial charge in [0.25, 0.3) is 0 Å². The smallest absolute Gasteiger partial charge is 0.311 e. The molecule has 5 aliphatic rings. The zero-order valence-electron chi connectivity index (χ0n) is 22.1. The molecule has 0 radical (unpaired) electrons. The number of carbonyl (C=O) groups is 1. The fourth-order valence-corrected chi connectivity index (χ4v) is 6.01. The Bertz CT molecular complexity index is 1050. The van der Waals surface area contributed by atoms with Crippen molar-refractivity contribution in [1.29, 1.82) is 0 Å². The number of fused-ring (bicyclic) bond motifs is 2. The molecule has 4 heterocycles. The largest absolute Gasteiger partial charge is 0.432 e. The Hall–Kier alpha value is -2.40. The minimum absolute atomic E-state index is 0.0853. The maximum Gasteiger partial charge on any atom is 0.311 e. The summed E-state index contributed by atoms with van der Waals surface area (Å²) in [6.45, 7) is 9.88. The van der Waals surface area contributed by atoms with Crippen LogP contribution in [0.2, 0.25) is 5.02 Å². The molecule has 1 aromatic rings. The van der Waals surface area contributed by atoms with Gasteiger partial charge < -0.3 is 26.3 Å². The molecule has 7 atom stereocenters. The average molecular weight is 536 g/mol. The van der Waals surface area contributed by atoms with Gasteiger partial charge in [-0.1, -0.05) is 25.4 Å². The van der Waals surface area contributed by atoms with E-state index >= 15 is 0 Å². The summed E-state index contributed by atoms with van der Waals surface area (Å²) in [6, 6.07) is 7.17. The molecule has 1 saturated carbocycles. The number of nitrogens with one attached hydrogen (secondary N) is 1. The minimum atomic E-state index is -0.793. The van der Waals surface area contributed by atoms with Crippen LogP contribution in [0.4, 0.5) is 5.69 Å². The van der Waals surface area contributed by atoms with Gasteiger partial charge in [-0.3, -0.25) is 4.79 Å². The Morgan fingerprint density at radius 3 is 2.49 bits per heavy atom. The van der Waals surface area contributed by atoms with Crippen LogP contribution in [0.3, 0.4) is 0 Å². The number of halogens is 1. The van der Waals surface area contributed by atoms with Crippen LogP contribution in [0.1, 0.15) is 60.3 Å². The van der Waals surface area contributed by atoms with Crippen molar-refractivity contribution < 1.29 is 24.0 Å². The third-order valence-corrected chi connectivity index (χ3v) is 7.97. The fraction of sp³-hybridized carbons (Fsp3) is 0.654.